The molecule has 0 heterocycles. The van der Waals surface area contributed by atoms with Gasteiger partial charge in [0.15, 0.2) is 6.10 Å². The second-order valence-electron chi connectivity index (χ2n) is 4.79. The Morgan fingerprint density at radius 2 is 1.58 bits per heavy atom. The fraction of sp³-hybridized carbons (Fsp3) is 0.176. The van der Waals surface area contributed by atoms with Crippen LogP contribution in [-0.2, 0) is 4.79 Å². The van der Waals surface area contributed by atoms with Gasteiger partial charge in [0.2, 0.25) is 0 Å². The second-order valence-corrected chi connectivity index (χ2v) is 4.79. The lowest BCUT2D eigenvalue weighted by molar-refractivity contribution is -0.122. The molecule has 2 aromatic carbocycles. The van der Waals surface area contributed by atoms with E-state index in [0.717, 1.165) is 0 Å². The Balaban J connectivity index is 1.92. The molecule has 24 heavy (non-hydrogen) atoms. The molecule has 2 rings (SSSR count). The Labute approximate surface area is 137 Å². The smallest absolute Gasteiger partial charge is 0.387 e. The van der Waals surface area contributed by atoms with Crippen LogP contribution in [0.3, 0.4) is 0 Å². The molecule has 0 saturated carbocycles. The highest BCUT2D eigenvalue weighted by atomic mass is 19.3. The highest BCUT2D eigenvalue weighted by Crippen LogP contribution is 2.18. The average molecular weight is 332 g/mol. The fourth-order valence-electron chi connectivity index (χ4n) is 1.83. The van der Waals surface area contributed by atoms with Gasteiger partial charge in [0.1, 0.15) is 11.5 Å². The Morgan fingerprint density at radius 3 is 2.12 bits per heavy atom. The highest BCUT2D eigenvalue weighted by Gasteiger charge is 2.15. The minimum absolute atomic E-state index is 0.00452. The number of hydrogen-bond donors (Lipinski definition) is 1. The van der Waals surface area contributed by atoms with Crippen LogP contribution in [0.2, 0.25) is 0 Å². The van der Waals surface area contributed by atoms with Crippen LogP contribution in [0.15, 0.2) is 48.5 Å². The van der Waals surface area contributed by atoms with Gasteiger partial charge in [0, 0.05) is 5.69 Å². The summed E-state index contributed by atoms with van der Waals surface area (Å²) in [5.74, 6) is 0.0594. The number of halogens is 2. The number of rotatable bonds is 6. The van der Waals surface area contributed by atoms with Gasteiger partial charge in [0.25, 0.3) is 5.91 Å². The Morgan fingerprint density at radius 1 is 1.04 bits per heavy atom. The van der Waals surface area contributed by atoms with E-state index in [1.54, 1.807) is 31.2 Å². The SMILES string of the molecule is CC(Oc1ccc(C#N)cc1)C(=O)Nc1ccc(OC(F)F)cc1. The first-order chi connectivity index (χ1) is 11.5. The number of ether oxygens (including phenoxy) is 2. The van der Waals surface area contributed by atoms with E-state index in [9.17, 15) is 13.6 Å². The molecule has 0 aromatic heterocycles. The van der Waals surface area contributed by atoms with Crippen LogP contribution in [0.1, 0.15) is 12.5 Å². The number of anilines is 1. The molecule has 1 unspecified atom stereocenters. The molecule has 2 aromatic rings. The van der Waals surface area contributed by atoms with Crippen LogP contribution in [0.5, 0.6) is 11.5 Å². The van der Waals surface area contributed by atoms with Crippen LogP contribution in [0.4, 0.5) is 14.5 Å². The summed E-state index contributed by atoms with van der Waals surface area (Å²) in [6.45, 7) is -1.33. The van der Waals surface area contributed by atoms with E-state index in [1.807, 2.05) is 6.07 Å². The van der Waals surface area contributed by atoms with Crippen LogP contribution < -0.4 is 14.8 Å². The maximum absolute atomic E-state index is 12.1. The number of amides is 1. The molecule has 0 spiro atoms. The number of benzene rings is 2. The Kier molecular flexibility index (Phi) is 5.68. The minimum atomic E-state index is -2.90. The van der Waals surface area contributed by atoms with Crippen molar-refractivity contribution in [2.75, 3.05) is 5.32 Å². The first kappa shape index (κ1) is 17.2. The molecule has 0 aliphatic carbocycles. The molecule has 1 N–H and O–H groups in total. The van der Waals surface area contributed by atoms with Crippen molar-refractivity contribution in [3.8, 4) is 17.6 Å². The maximum Gasteiger partial charge on any atom is 0.387 e. The molecule has 1 atom stereocenters. The van der Waals surface area contributed by atoms with Crippen LogP contribution in [0.25, 0.3) is 0 Å². The number of carbonyl (C=O) groups is 1. The van der Waals surface area contributed by atoms with Gasteiger partial charge in [-0.05, 0) is 55.5 Å². The van der Waals surface area contributed by atoms with Crippen molar-refractivity contribution < 1.29 is 23.0 Å². The van der Waals surface area contributed by atoms with Crippen LogP contribution in [0, 0.1) is 11.3 Å². The Bertz CT molecular complexity index is 725. The van der Waals surface area contributed by atoms with Crippen molar-refractivity contribution in [1.82, 2.24) is 0 Å². The van der Waals surface area contributed by atoms with E-state index < -0.39 is 18.6 Å². The molecule has 0 aliphatic rings. The average Bonchev–Trinajstić information content (AvgIpc) is 2.56. The summed E-state index contributed by atoms with van der Waals surface area (Å²) in [5.41, 5.74) is 0.919. The predicted octanol–water partition coefficient (Wildman–Crippen LogP) is 3.57. The molecule has 0 bridgehead atoms. The summed E-state index contributed by atoms with van der Waals surface area (Å²) in [6.07, 6.45) is -0.782. The van der Waals surface area contributed by atoms with Crippen molar-refractivity contribution in [3.05, 3.63) is 54.1 Å². The molecule has 0 saturated heterocycles. The number of hydrogen-bond acceptors (Lipinski definition) is 4. The summed E-state index contributed by atoms with van der Waals surface area (Å²) in [7, 11) is 0. The van der Waals surface area contributed by atoms with Gasteiger partial charge in [0.05, 0.1) is 11.6 Å². The third-order valence-electron chi connectivity index (χ3n) is 3.01. The van der Waals surface area contributed by atoms with E-state index in [0.29, 0.717) is 17.0 Å². The predicted molar refractivity (Wildman–Crippen MR) is 83.0 cm³/mol. The quantitative estimate of drug-likeness (QED) is 0.878. The molecular formula is C17H14F2N2O3. The normalized spacial score (nSPS) is 11.5. The van der Waals surface area contributed by atoms with Crippen molar-refractivity contribution in [2.45, 2.75) is 19.6 Å². The molecule has 1 amide bonds. The van der Waals surface area contributed by atoms with Gasteiger partial charge >= 0.3 is 6.61 Å². The molecule has 124 valence electrons. The molecular weight excluding hydrogens is 318 g/mol. The summed E-state index contributed by atoms with van der Waals surface area (Å²) in [5, 5.41) is 11.3. The molecule has 0 radical (unpaired) electrons. The lowest BCUT2D eigenvalue weighted by Crippen LogP contribution is -2.30. The van der Waals surface area contributed by atoms with Crippen molar-refractivity contribution in [1.29, 1.82) is 5.26 Å². The first-order valence-corrected chi connectivity index (χ1v) is 7.00. The van der Waals surface area contributed by atoms with E-state index in [-0.39, 0.29) is 5.75 Å². The fourth-order valence-corrected chi connectivity index (χ4v) is 1.83. The third kappa shape index (κ3) is 4.95. The summed E-state index contributed by atoms with van der Waals surface area (Å²) < 4.78 is 33.8. The van der Waals surface area contributed by atoms with Crippen molar-refractivity contribution in [2.24, 2.45) is 0 Å². The van der Waals surface area contributed by atoms with Gasteiger partial charge < -0.3 is 14.8 Å². The molecule has 7 heteroatoms. The monoisotopic (exact) mass is 332 g/mol. The van der Waals surface area contributed by atoms with E-state index in [1.165, 1.54) is 24.3 Å². The van der Waals surface area contributed by atoms with Crippen LogP contribution >= 0.6 is 0 Å². The summed E-state index contributed by atoms with van der Waals surface area (Å²) >= 11 is 0. The lowest BCUT2D eigenvalue weighted by Gasteiger charge is -2.15. The maximum atomic E-state index is 12.1. The van der Waals surface area contributed by atoms with E-state index in [4.69, 9.17) is 10.00 Å². The van der Waals surface area contributed by atoms with Crippen LogP contribution in [-0.4, -0.2) is 18.6 Å². The molecule has 0 aliphatic heterocycles. The topological polar surface area (TPSA) is 71.3 Å². The van der Waals surface area contributed by atoms with Gasteiger partial charge in [-0.25, -0.2) is 0 Å². The summed E-state index contributed by atoms with van der Waals surface area (Å²) in [6, 6.07) is 13.9. The number of nitriles is 1. The number of nitrogens with zero attached hydrogens (tertiary/aromatic N) is 1. The van der Waals surface area contributed by atoms with E-state index >= 15 is 0 Å². The van der Waals surface area contributed by atoms with Crippen molar-refractivity contribution >= 4 is 11.6 Å². The van der Waals surface area contributed by atoms with Gasteiger partial charge in [-0.2, -0.15) is 14.0 Å². The van der Waals surface area contributed by atoms with Gasteiger partial charge in [-0.1, -0.05) is 0 Å². The number of nitrogens with one attached hydrogen (secondary N) is 1. The minimum Gasteiger partial charge on any atom is -0.481 e. The van der Waals surface area contributed by atoms with E-state index in [2.05, 4.69) is 10.1 Å². The number of carbonyl (C=O) groups excluding carboxylic acids is 1. The number of alkyl halides is 2. The summed E-state index contributed by atoms with van der Waals surface area (Å²) in [4.78, 5) is 12.1. The second kappa shape index (κ2) is 7.92. The lowest BCUT2D eigenvalue weighted by atomic mass is 10.2. The zero-order chi connectivity index (χ0) is 17.5. The Hall–Kier alpha value is -3.14. The zero-order valence-electron chi connectivity index (χ0n) is 12.7. The third-order valence-corrected chi connectivity index (χ3v) is 3.01. The highest BCUT2D eigenvalue weighted by molar-refractivity contribution is 5.94. The standard InChI is InChI=1S/C17H14F2N2O3/c1-11(23-14-6-2-12(10-20)3-7-14)16(22)21-13-4-8-15(9-5-13)24-17(18)19/h2-9,11,17H,1H3,(H,21,22). The zero-order valence-corrected chi connectivity index (χ0v) is 12.7. The van der Waals surface area contributed by atoms with Gasteiger partial charge in [-0.3, -0.25) is 4.79 Å². The molecule has 0 fully saturated rings. The molecule has 5 nitrogen and oxygen atoms in total. The largest absolute Gasteiger partial charge is 0.481 e. The van der Waals surface area contributed by atoms with Crippen molar-refractivity contribution in [3.63, 3.8) is 0 Å². The van der Waals surface area contributed by atoms with Gasteiger partial charge in [-0.15, -0.1) is 0 Å². The first-order valence-electron chi connectivity index (χ1n) is 7.00.